The predicted molar refractivity (Wildman–Crippen MR) is 108 cm³/mol. The second-order valence-electron chi connectivity index (χ2n) is 7.88. The van der Waals surface area contributed by atoms with Gasteiger partial charge in [-0.2, -0.15) is 0 Å². The Kier molecular flexibility index (Phi) is 10.5. The van der Waals surface area contributed by atoms with Gasteiger partial charge in [0.15, 0.2) is 5.79 Å². The third-order valence-corrected chi connectivity index (χ3v) is 7.38. The van der Waals surface area contributed by atoms with Crippen molar-refractivity contribution in [3.05, 3.63) is 0 Å². The molecule has 1 heterocycles. The van der Waals surface area contributed by atoms with Gasteiger partial charge in [-0.15, -0.1) is 0 Å². The average Bonchev–Trinajstić information content (AvgIpc) is 3.08. The first-order valence-electron chi connectivity index (χ1n) is 9.36. The smallest absolute Gasteiger partial charge is 0.305 e. The summed E-state index contributed by atoms with van der Waals surface area (Å²) in [7, 11) is 3.85. The average molecular weight is 424 g/mol. The van der Waals surface area contributed by atoms with Gasteiger partial charge in [-0.3, -0.25) is 9.59 Å². The molecule has 2 atom stereocenters. The Morgan fingerprint density at radius 1 is 1.26 bits per heavy atom. The van der Waals surface area contributed by atoms with E-state index in [1.807, 2.05) is 21.6 Å². The molecule has 0 unspecified atom stereocenters. The van der Waals surface area contributed by atoms with Crippen LogP contribution in [0.3, 0.4) is 0 Å². The Bertz CT molecular complexity index is 475. The molecule has 0 radical (unpaired) electrons. The molecular weight excluding hydrogens is 390 g/mol. The van der Waals surface area contributed by atoms with Crippen molar-refractivity contribution in [3.8, 4) is 0 Å². The van der Waals surface area contributed by atoms with E-state index in [0.29, 0.717) is 11.7 Å². The molecule has 1 saturated heterocycles. The van der Waals surface area contributed by atoms with Gasteiger partial charge in [-0.1, -0.05) is 41.9 Å². The number of amides is 1. The first-order chi connectivity index (χ1) is 12.5. The van der Waals surface area contributed by atoms with Crippen LogP contribution >= 0.6 is 21.6 Å². The molecular formula is C18H33NO6S2. The van der Waals surface area contributed by atoms with Gasteiger partial charge >= 0.3 is 5.97 Å². The molecule has 9 heteroatoms. The number of aliphatic hydroxyl groups excluding tert-OH is 1. The van der Waals surface area contributed by atoms with Crippen LogP contribution in [0.15, 0.2) is 0 Å². The number of hydrogen-bond acceptors (Lipinski definition) is 8. The fourth-order valence-electron chi connectivity index (χ4n) is 2.50. The molecule has 1 aliphatic heterocycles. The highest BCUT2D eigenvalue weighted by Gasteiger charge is 2.35. The van der Waals surface area contributed by atoms with Crippen LogP contribution in [0.2, 0.25) is 0 Å². The molecule has 1 fully saturated rings. The van der Waals surface area contributed by atoms with E-state index in [2.05, 4.69) is 5.32 Å². The Hall–Kier alpha value is -0.480. The predicted octanol–water partition coefficient (Wildman–Crippen LogP) is 1.84. The normalized spacial score (nSPS) is 19.0. The number of carbonyl (C=O) groups is 2. The van der Waals surface area contributed by atoms with Gasteiger partial charge in [0.1, 0.15) is 6.10 Å². The lowest BCUT2D eigenvalue weighted by Crippen LogP contribution is -2.47. The van der Waals surface area contributed by atoms with E-state index in [0.717, 1.165) is 19.3 Å². The summed E-state index contributed by atoms with van der Waals surface area (Å²) in [6.45, 7) is 4.45. The van der Waals surface area contributed by atoms with Crippen molar-refractivity contribution < 1.29 is 29.6 Å². The molecule has 0 aliphatic carbocycles. The quantitative estimate of drug-likeness (QED) is 0.163. The summed E-state index contributed by atoms with van der Waals surface area (Å²) in [5.41, 5.74) is -0.945. The maximum atomic E-state index is 12.0. The van der Waals surface area contributed by atoms with Gasteiger partial charge in [0.2, 0.25) is 5.91 Å². The van der Waals surface area contributed by atoms with Crippen molar-refractivity contribution in [3.63, 3.8) is 0 Å². The summed E-state index contributed by atoms with van der Waals surface area (Å²) in [5, 5.41) is 31.8. The highest BCUT2D eigenvalue weighted by Crippen LogP contribution is 2.39. The molecule has 27 heavy (non-hydrogen) atoms. The lowest BCUT2D eigenvalue weighted by atomic mass is 9.87. The van der Waals surface area contributed by atoms with Gasteiger partial charge in [-0.05, 0) is 26.2 Å². The molecule has 1 rings (SSSR count). The zero-order chi connectivity index (χ0) is 20.5. The number of esters is 1. The lowest BCUT2D eigenvalue weighted by Gasteiger charge is -2.29. The molecule has 158 valence electrons. The van der Waals surface area contributed by atoms with Crippen molar-refractivity contribution in [1.82, 2.24) is 5.32 Å². The SMILES string of the molecule is CC(O)(O)CCNC(=O)[C@H](O)C(C)(C)COC(=O)CCCC[C@@H]1CCSS1. The molecule has 0 aromatic heterocycles. The minimum atomic E-state index is -1.88. The summed E-state index contributed by atoms with van der Waals surface area (Å²) in [6.07, 6.45) is 3.06. The number of unbranched alkanes of at least 4 members (excludes halogenated alkanes) is 1. The molecule has 0 aromatic rings. The topological polar surface area (TPSA) is 116 Å². The monoisotopic (exact) mass is 423 g/mol. The first kappa shape index (κ1) is 24.6. The molecule has 1 amide bonds. The van der Waals surface area contributed by atoms with Crippen molar-refractivity contribution in [2.75, 3.05) is 18.9 Å². The summed E-state index contributed by atoms with van der Waals surface area (Å²) in [5.74, 6) is -1.62. The van der Waals surface area contributed by atoms with Gasteiger partial charge < -0.3 is 25.4 Å². The minimum absolute atomic E-state index is 0.0209. The van der Waals surface area contributed by atoms with Crippen LogP contribution < -0.4 is 5.32 Å². The largest absolute Gasteiger partial charge is 0.465 e. The lowest BCUT2D eigenvalue weighted by molar-refractivity contribution is -0.155. The Morgan fingerprint density at radius 2 is 1.96 bits per heavy atom. The van der Waals surface area contributed by atoms with Crippen molar-refractivity contribution in [1.29, 1.82) is 0 Å². The zero-order valence-electron chi connectivity index (χ0n) is 16.4. The first-order valence-corrected chi connectivity index (χ1v) is 11.7. The van der Waals surface area contributed by atoms with E-state index in [9.17, 15) is 24.9 Å². The summed E-state index contributed by atoms with van der Waals surface area (Å²) in [4.78, 5) is 23.9. The van der Waals surface area contributed by atoms with E-state index >= 15 is 0 Å². The van der Waals surface area contributed by atoms with Gasteiger partial charge in [0.25, 0.3) is 0 Å². The zero-order valence-corrected chi connectivity index (χ0v) is 18.0. The van der Waals surface area contributed by atoms with Crippen LogP contribution in [0.25, 0.3) is 0 Å². The Balaban J connectivity index is 2.22. The minimum Gasteiger partial charge on any atom is -0.465 e. The van der Waals surface area contributed by atoms with Crippen LogP contribution in [0.4, 0.5) is 0 Å². The third kappa shape index (κ3) is 10.6. The number of rotatable bonds is 12. The number of hydrogen-bond donors (Lipinski definition) is 4. The van der Waals surface area contributed by atoms with Crippen LogP contribution in [0, 0.1) is 5.41 Å². The van der Waals surface area contributed by atoms with E-state index in [-0.39, 0.29) is 25.5 Å². The number of aliphatic hydroxyl groups is 3. The van der Waals surface area contributed by atoms with Crippen molar-refractivity contribution >= 4 is 33.5 Å². The maximum Gasteiger partial charge on any atom is 0.305 e. The summed E-state index contributed by atoms with van der Waals surface area (Å²) < 4.78 is 5.24. The molecule has 0 bridgehead atoms. The van der Waals surface area contributed by atoms with Gasteiger partial charge in [0.05, 0.1) is 6.61 Å². The Labute approximate surface area is 169 Å². The van der Waals surface area contributed by atoms with Crippen molar-refractivity contribution in [2.45, 2.75) is 76.4 Å². The Morgan fingerprint density at radius 3 is 2.56 bits per heavy atom. The van der Waals surface area contributed by atoms with Crippen molar-refractivity contribution in [2.24, 2.45) is 5.41 Å². The molecule has 1 aliphatic rings. The van der Waals surface area contributed by atoms with Crippen LogP contribution in [-0.4, -0.2) is 63.2 Å². The van der Waals surface area contributed by atoms with Crippen LogP contribution in [0.1, 0.15) is 59.3 Å². The fourth-order valence-corrected chi connectivity index (χ4v) is 5.53. The van der Waals surface area contributed by atoms with Gasteiger partial charge in [-0.25, -0.2) is 0 Å². The van der Waals surface area contributed by atoms with E-state index in [1.54, 1.807) is 13.8 Å². The molecule has 4 N–H and O–H groups in total. The van der Waals surface area contributed by atoms with E-state index in [1.165, 1.54) is 19.1 Å². The highest BCUT2D eigenvalue weighted by molar-refractivity contribution is 8.77. The summed E-state index contributed by atoms with van der Waals surface area (Å²) >= 11 is 0. The number of ether oxygens (including phenoxy) is 1. The van der Waals surface area contributed by atoms with Gasteiger partial charge in [0, 0.05) is 35.8 Å². The highest BCUT2D eigenvalue weighted by atomic mass is 33.1. The molecule has 0 aromatic carbocycles. The molecule has 0 spiro atoms. The molecule has 0 saturated carbocycles. The summed E-state index contributed by atoms with van der Waals surface area (Å²) in [6, 6.07) is 0. The second kappa shape index (κ2) is 11.5. The number of carbonyl (C=O) groups excluding carboxylic acids is 2. The maximum absolute atomic E-state index is 12.0. The second-order valence-corrected chi connectivity index (χ2v) is 10.7. The van der Waals surface area contributed by atoms with E-state index < -0.39 is 23.2 Å². The number of nitrogens with one attached hydrogen (secondary N) is 1. The molecule has 7 nitrogen and oxygen atoms in total. The third-order valence-electron chi connectivity index (χ3n) is 4.38. The van der Waals surface area contributed by atoms with Crippen LogP contribution in [-0.2, 0) is 14.3 Å². The fraction of sp³-hybridized carbons (Fsp3) is 0.889. The standard InChI is InChI=1S/C18H33NO6S2/c1-17(2,15(21)16(22)19-10-9-18(3,23)24)12-25-14(20)7-5-4-6-13-8-11-26-27-13/h13,15,21,23-24H,4-12H2,1-3H3,(H,19,22)/t13-,15+/m1/s1. The van der Waals surface area contributed by atoms with E-state index in [4.69, 9.17) is 4.74 Å². The van der Waals surface area contributed by atoms with Crippen LogP contribution in [0.5, 0.6) is 0 Å².